The van der Waals surface area contributed by atoms with E-state index in [2.05, 4.69) is 17.5 Å². The molecular formula is C28H37FN2O3. The number of esters is 1. The number of unbranched alkanes of at least 4 members (excludes halogenated alkanes) is 10. The second kappa shape index (κ2) is 16.6. The van der Waals surface area contributed by atoms with Crippen LogP contribution in [0.4, 0.5) is 4.39 Å². The number of carbonyl (C=O) groups excluding carboxylic acids is 2. The number of hydrogen-bond acceptors (Lipinski definition) is 4. The summed E-state index contributed by atoms with van der Waals surface area (Å²) >= 11 is 0. The number of rotatable bonds is 16. The number of ether oxygens (including phenoxy) is 1. The van der Waals surface area contributed by atoms with Gasteiger partial charge >= 0.3 is 5.97 Å². The highest BCUT2D eigenvalue weighted by atomic mass is 19.1. The molecule has 0 saturated heterocycles. The second-order valence-electron chi connectivity index (χ2n) is 8.52. The fourth-order valence-electron chi connectivity index (χ4n) is 3.60. The maximum Gasteiger partial charge on any atom is 0.346 e. The maximum atomic E-state index is 13.7. The molecule has 1 N–H and O–H groups in total. The number of hydrogen-bond donors (Lipinski definition) is 1. The molecule has 0 unspecified atom stereocenters. The van der Waals surface area contributed by atoms with E-state index in [0.29, 0.717) is 12.2 Å². The molecule has 6 heteroatoms. The van der Waals surface area contributed by atoms with Crippen LogP contribution in [0, 0.1) is 5.82 Å². The zero-order chi connectivity index (χ0) is 24.4. The van der Waals surface area contributed by atoms with Crippen molar-refractivity contribution in [1.29, 1.82) is 0 Å². The molecule has 2 rings (SSSR count). The highest BCUT2D eigenvalue weighted by Crippen LogP contribution is 2.15. The zero-order valence-electron chi connectivity index (χ0n) is 20.2. The van der Waals surface area contributed by atoms with Gasteiger partial charge in [0.15, 0.2) is 0 Å². The molecule has 5 nitrogen and oxygen atoms in total. The summed E-state index contributed by atoms with van der Waals surface area (Å²) < 4.78 is 18.9. The SMILES string of the molecule is CCCCCCCCCCCCCC(=O)N/N=C\c1ccc(OC(=O)c2ccccc2F)cc1. The molecule has 1 amide bonds. The topological polar surface area (TPSA) is 67.8 Å². The highest BCUT2D eigenvalue weighted by molar-refractivity contribution is 5.91. The lowest BCUT2D eigenvalue weighted by molar-refractivity contribution is -0.121. The molecule has 0 aliphatic carbocycles. The van der Waals surface area contributed by atoms with Gasteiger partial charge in [0.1, 0.15) is 11.6 Å². The van der Waals surface area contributed by atoms with E-state index in [9.17, 15) is 14.0 Å². The van der Waals surface area contributed by atoms with Gasteiger partial charge in [-0.25, -0.2) is 14.6 Å². The Morgan fingerprint density at radius 3 is 2.06 bits per heavy atom. The summed E-state index contributed by atoms with van der Waals surface area (Å²) in [6.07, 6.45) is 15.7. The van der Waals surface area contributed by atoms with E-state index in [4.69, 9.17) is 4.74 Å². The van der Waals surface area contributed by atoms with Gasteiger partial charge in [0.2, 0.25) is 5.91 Å². The lowest BCUT2D eigenvalue weighted by atomic mass is 10.1. The van der Waals surface area contributed by atoms with Crippen molar-refractivity contribution >= 4 is 18.1 Å². The second-order valence-corrected chi connectivity index (χ2v) is 8.52. The van der Waals surface area contributed by atoms with Crippen LogP contribution < -0.4 is 10.2 Å². The fraction of sp³-hybridized carbons (Fsp3) is 0.464. The summed E-state index contributed by atoms with van der Waals surface area (Å²) in [6.45, 7) is 2.24. The lowest BCUT2D eigenvalue weighted by Crippen LogP contribution is -2.16. The predicted octanol–water partition coefficient (Wildman–Crippen LogP) is 7.20. The molecule has 0 aliphatic rings. The molecule has 0 aliphatic heterocycles. The van der Waals surface area contributed by atoms with Crippen LogP contribution in [0.1, 0.15) is 99.9 Å². The minimum atomic E-state index is -0.755. The van der Waals surface area contributed by atoms with Gasteiger partial charge in [0.25, 0.3) is 0 Å². The van der Waals surface area contributed by atoms with Crippen molar-refractivity contribution in [3.63, 3.8) is 0 Å². The van der Waals surface area contributed by atoms with Crippen LogP contribution in [0.5, 0.6) is 5.75 Å². The van der Waals surface area contributed by atoms with Crippen molar-refractivity contribution in [3.05, 3.63) is 65.5 Å². The van der Waals surface area contributed by atoms with Crippen LogP contribution >= 0.6 is 0 Å². The molecule has 0 fully saturated rings. The van der Waals surface area contributed by atoms with Gasteiger partial charge in [0.05, 0.1) is 11.8 Å². The standard InChI is InChI=1S/C28H37FN2O3/c1-2-3-4-5-6-7-8-9-10-11-12-17-27(32)31-30-22-23-18-20-24(21-19-23)34-28(33)25-15-13-14-16-26(25)29/h13-16,18-22H,2-12,17H2,1H3,(H,31,32)/b30-22-. The lowest BCUT2D eigenvalue weighted by Gasteiger charge is -2.05. The number of nitrogens with zero attached hydrogens (tertiary/aromatic N) is 1. The quantitative estimate of drug-likeness (QED) is 0.0931. The molecule has 0 atom stereocenters. The van der Waals surface area contributed by atoms with E-state index in [-0.39, 0.29) is 11.5 Å². The van der Waals surface area contributed by atoms with Gasteiger partial charge < -0.3 is 4.74 Å². The fourth-order valence-corrected chi connectivity index (χ4v) is 3.60. The Hall–Kier alpha value is -3.02. The van der Waals surface area contributed by atoms with Gasteiger partial charge in [-0.15, -0.1) is 0 Å². The van der Waals surface area contributed by atoms with Crippen LogP contribution in [0.3, 0.4) is 0 Å². The van der Waals surface area contributed by atoms with Crippen molar-refractivity contribution in [1.82, 2.24) is 5.43 Å². The van der Waals surface area contributed by atoms with Crippen molar-refractivity contribution in [3.8, 4) is 5.75 Å². The molecule has 2 aromatic rings. The molecule has 0 saturated carbocycles. The van der Waals surface area contributed by atoms with Gasteiger partial charge in [-0.1, -0.05) is 83.3 Å². The average Bonchev–Trinajstić information content (AvgIpc) is 2.84. The number of amides is 1. The van der Waals surface area contributed by atoms with Crippen LogP contribution in [0.15, 0.2) is 53.6 Å². The number of hydrazone groups is 1. The summed E-state index contributed by atoms with van der Waals surface area (Å²) in [4.78, 5) is 24.0. The molecule has 34 heavy (non-hydrogen) atoms. The summed E-state index contributed by atoms with van der Waals surface area (Å²) in [7, 11) is 0. The predicted molar refractivity (Wildman–Crippen MR) is 135 cm³/mol. The number of benzene rings is 2. The number of carbonyl (C=O) groups is 2. The Labute approximate surface area is 202 Å². The van der Waals surface area contributed by atoms with E-state index in [1.54, 1.807) is 30.3 Å². The van der Waals surface area contributed by atoms with E-state index < -0.39 is 11.8 Å². The Bertz CT molecular complexity index is 897. The smallest absolute Gasteiger partial charge is 0.346 e. The van der Waals surface area contributed by atoms with Crippen molar-refractivity contribution in [2.24, 2.45) is 5.10 Å². The van der Waals surface area contributed by atoms with Crippen LogP contribution in [0.25, 0.3) is 0 Å². The summed E-state index contributed by atoms with van der Waals surface area (Å²) in [5, 5.41) is 3.98. The van der Waals surface area contributed by atoms with Crippen molar-refractivity contribution < 1.29 is 18.7 Å². The normalized spacial score (nSPS) is 11.0. The zero-order valence-corrected chi connectivity index (χ0v) is 20.2. The van der Waals surface area contributed by atoms with E-state index in [0.717, 1.165) is 18.4 Å². The van der Waals surface area contributed by atoms with Crippen LogP contribution in [-0.4, -0.2) is 18.1 Å². The third kappa shape index (κ3) is 11.2. The molecule has 0 heterocycles. The first-order chi connectivity index (χ1) is 16.6. The maximum absolute atomic E-state index is 13.7. The molecule has 0 spiro atoms. The molecule has 0 aromatic heterocycles. The molecular weight excluding hydrogens is 431 g/mol. The summed E-state index contributed by atoms with van der Waals surface area (Å²) in [6, 6.07) is 12.2. The van der Waals surface area contributed by atoms with Gasteiger partial charge in [-0.2, -0.15) is 5.10 Å². The van der Waals surface area contributed by atoms with Gasteiger partial charge in [-0.3, -0.25) is 4.79 Å². The minimum Gasteiger partial charge on any atom is -0.423 e. The van der Waals surface area contributed by atoms with Crippen molar-refractivity contribution in [2.75, 3.05) is 0 Å². The van der Waals surface area contributed by atoms with Gasteiger partial charge in [0, 0.05) is 6.42 Å². The Morgan fingerprint density at radius 2 is 1.44 bits per heavy atom. The largest absolute Gasteiger partial charge is 0.423 e. The van der Waals surface area contributed by atoms with Crippen LogP contribution in [0.2, 0.25) is 0 Å². The first kappa shape index (κ1) is 27.2. The number of halogens is 1. The first-order valence-corrected chi connectivity index (χ1v) is 12.5. The highest BCUT2D eigenvalue weighted by Gasteiger charge is 2.13. The summed E-state index contributed by atoms with van der Waals surface area (Å²) in [5.41, 5.74) is 3.16. The first-order valence-electron chi connectivity index (χ1n) is 12.5. The van der Waals surface area contributed by atoms with E-state index in [1.165, 1.54) is 82.2 Å². The van der Waals surface area contributed by atoms with Gasteiger partial charge in [-0.05, 0) is 48.4 Å². The summed E-state index contributed by atoms with van der Waals surface area (Å²) in [5.74, 6) is -1.18. The third-order valence-electron chi connectivity index (χ3n) is 5.59. The van der Waals surface area contributed by atoms with Crippen LogP contribution in [-0.2, 0) is 4.79 Å². The minimum absolute atomic E-state index is 0.0948. The monoisotopic (exact) mass is 468 g/mol. The third-order valence-corrected chi connectivity index (χ3v) is 5.59. The molecule has 0 radical (unpaired) electrons. The van der Waals surface area contributed by atoms with E-state index >= 15 is 0 Å². The Morgan fingerprint density at radius 1 is 0.853 bits per heavy atom. The molecule has 2 aromatic carbocycles. The Kier molecular flexibility index (Phi) is 13.3. The molecule has 184 valence electrons. The van der Waals surface area contributed by atoms with Crippen molar-refractivity contribution in [2.45, 2.75) is 84.0 Å². The molecule has 0 bridgehead atoms. The number of nitrogens with one attached hydrogen (secondary N) is 1. The van der Waals surface area contributed by atoms with E-state index in [1.807, 2.05) is 0 Å². The average molecular weight is 469 g/mol. The Balaban J connectivity index is 1.56.